The summed E-state index contributed by atoms with van der Waals surface area (Å²) in [6, 6.07) is 6.41. The van der Waals surface area contributed by atoms with Crippen molar-refractivity contribution in [3.63, 3.8) is 0 Å². The van der Waals surface area contributed by atoms with Crippen LogP contribution in [-0.4, -0.2) is 51.3 Å². The van der Waals surface area contributed by atoms with E-state index in [4.69, 9.17) is 9.26 Å². The van der Waals surface area contributed by atoms with Crippen LogP contribution in [0.1, 0.15) is 46.6 Å². The number of carbonyl (C=O) groups is 3. The van der Waals surface area contributed by atoms with E-state index >= 15 is 0 Å². The van der Waals surface area contributed by atoms with E-state index in [-0.39, 0.29) is 24.8 Å². The molecule has 1 N–H and O–H groups in total. The lowest BCUT2D eigenvalue weighted by atomic mass is 10.2. The topological polar surface area (TPSA) is 114 Å². The molecule has 9 nitrogen and oxygen atoms in total. The molecule has 1 atom stereocenters. The zero-order valence-corrected chi connectivity index (χ0v) is 18.7. The van der Waals surface area contributed by atoms with Crippen molar-refractivity contribution in [2.24, 2.45) is 4.99 Å². The number of ether oxygens (including phenoxy) is 1. The Morgan fingerprint density at radius 2 is 1.94 bits per heavy atom. The maximum atomic E-state index is 12.4. The molecular formula is C22H24N4O5S. The van der Waals surface area contributed by atoms with Crippen molar-refractivity contribution in [2.75, 3.05) is 18.4 Å². The third-order valence-corrected chi connectivity index (χ3v) is 6.62. The summed E-state index contributed by atoms with van der Waals surface area (Å²) in [5.74, 6) is -0.404. The molecule has 3 heterocycles. The number of amidine groups is 1. The lowest BCUT2D eigenvalue weighted by Crippen LogP contribution is -2.25. The fourth-order valence-corrected chi connectivity index (χ4v) is 4.67. The minimum Gasteiger partial charge on any atom is -0.457 e. The summed E-state index contributed by atoms with van der Waals surface area (Å²) in [5.41, 5.74) is 2.33. The Morgan fingerprint density at radius 3 is 2.59 bits per heavy atom. The summed E-state index contributed by atoms with van der Waals surface area (Å²) in [5, 5.41) is 6.83. The molecule has 0 bridgehead atoms. The van der Waals surface area contributed by atoms with Crippen LogP contribution >= 0.6 is 11.8 Å². The van der Waals surface area contributed by atoms with Crippen molar-refractivity contribution < 1.29 is 23.6 Å². The molecule has 0 radical (unpaired) electrons. The second-order valence-electron chi connectivity index (χ2n) is 7.74. The van der Waals surface area contributed by atoms with Crippen molar-refractivity contribution in [3.8, 4) is 0 Å². The van der Waals surface area contributed by atoms with E-state index < -0.39 is 11.2 Å². The number of likely N-dealkylation sites (tertiary alicyclic amines) is 1. The van der Waals surface area contributed by atoms with Crippen LogP contribution in [0.3, 0.4) is 0 Å². The number of carbonyl (C=O) groups excluding carboxylic acids is 3. The number of nitrogens with one attached hydrogen (secondary N) is 1. The highest BCUT2D eigenvalue weighted by atomic mass is 32.2. The van der Waals surface area contributed by atoms with E-state index in [1.807, 2.05) is 0 Å². The van der Waals surface area contributed by atoms with Gasteiger partial charge in [0, 0.05) is 25.2 Å². The normalized spacial score (nSPS) is 18.1. The molecule has 1 fully saturated rings. The maximum Gasteiger partial charge on any atom is 0.338 e. The molecule has 0 spiro atoms. The van der Waals surface area contributed by atoms with Gasteiger partial charge in [-0.1, -0.05) is 16.9 Å². The molecule has 10 heteroatoms. The zero-order valence-electron chi connectivity index (χ0n) is 17.9. The number of esters is 1. The Morgan fingerprint density at radius 1 is 1.22 bits per heavy atom. The highest BCUT2D eigenvalue weighted by Crippen LogP contribution is 2.29. The number of nitrogens with zero attached hydrogens (tertiary/aromatic N) is 3. The van der Waals surface area contributed by atoms with Gasteiger partial charge < -0.3 is 19.5 Å². The minimum absolute atomic E-state index is 0.0472. The monoisotopic (exact) mass is 456 g/mol. The lowest BCUT2D eigenvalue weighted by Gasteiger charge is -2.16. The summed E-state index contributed by atoms with van der Waals surface area (Å²) >= 11 is 1.36. The van der Waals surface area contributed by atoms with Crippen LogP contribution in [0.15, 0.2) is 33.8 Å². The van der Waals surface area contributed by atoms with Crippen molar-refractivity contribution >= 4 is 40.4 Å². The molecule has 2 aliphatic heterocycles. The first-order chi connectivity index (χ1) is 15.4. The third-order valence-electron chi connectivity index (χ3n) is 5.41. The van der Waals surface area contributed by atoms with Gasteiger partial charge in [-0.2, -0.15) is 4.99 Å². The Hall–Kier alpha value is -3.14. The van der Waals surface area contributed by atoms with Crippen molar-refractivity contribution in [2.45, 2.75) is 45.0 Å². The van der Waals surface area contributed by atoms with Gasteiger partial charge in [-0.25, -0.2) is 4.79 Å². The van der Waals surface area contributed by atoms with Gasteiger partial charge in [0.15, 0.2) is 5.17 Å². The van der Waals surface area contributed by atoms with E-state index in [0.717, 1.165) is 36.7 Å². The predicted octanol–water partition coefficient (Wildman–Crippen LogP) is 3.07. The molecular weight excluding hydrogens is 432 g/mol. The molecule has 1 aromatic heterocycles. The van der Waals surface area contributed by atoms with Gasteiger partial charge in [0.2, 0.25) is 5.91 Å². The molecule has 2 amide bonds. The molecule has 1 saturated heterocycles. The molecule has 2 aromatic rings. The lowest BCUT2D eigenvalue weighted by molar-refractivity contribution is -0.121. The largest absolute Gasteiger partial charge is 0.457 e. The smallest absolute Gasteiger partial charge is 0.338 e. The molecule has 0 aliphatic carbocycles. The van der Waals surface area contributed by atoms with Gasteiger partial charge >= 0.3 is 5.97 Å². The minimum atomic E-state index is -0.496. The zero-order chi connectivity index (χ0) is 22.7. The highest BCUT2D eigenvalue weighted by molar-refractivity contribution is 8.15. The van der Waals surface area contributed by atoms with Gasteiger partial charge in [0.1, 0.15) is 17.6 Å². The molecule has 0 saturated carbocycles. The van der Waals surface area contributed by atoms with Crippen LogP contribution in [0.2, 0.25) is 0 Å². The number of aryl methyl sites for hydroxylation is 2. The summed E-state index contributed by atoms with van der Waals surface area (Å²) in [4.78, 5) is 43.1. The Balaban J connectivity index is 1.26. The summed E-state index contributed by atoms with van der Waals surface area (Å²) in [6.07, 6.45) is 2.25. The highest BCUT2D eigenvalue weighted by Gasteiger charge is 2.33. The Labute approximate surface area is 189 Å². The average molecular weight is 457 g/mol. The van der Waals surface area contributed by atoms with Crippen molar-refractivity contribution in [1.29, 1.82) is 0 Å². The number of hydrogen-bond acceptors (Lipinski definition) is 8. The predicted molar refractivity (Wildman–Crippen MR) is 119 cm³/mol. The van der Waals surface area contributed by atoms with Gasteiger partial charge in [-0.15, -0.1) is 0 Å². The quantitative estimate of drug-likeness (QED) is 0.660. The van der Waals surface area contributed by atoms with E-state index in [0.29, 0.717) is 22.7 Å². The first kappa shape index (κ1) is 22.1. The Bertz CT molecular complexity index is 1040. The number of aromatic nitrogens is 1. The molecule has 1 aromatic carbocycles. The maximum absolute atomic E-state index is 12.4. The van der Waals surface area contributed by atoms with Crippen molar-refractivity contribution in [1.82, 2.24) is 10.1 Å². The van der Waals surface area contributed by atoms with E-state index in [9.17, 15) is 14.4 Å². The third kappa shape index (κ3) is 5.01. The Kier molecular flexibility index (Phi) is 6.59. The van der Waals surface area contributed by atoms with E-state index in [1.165, 1.54) is 11.8 Å². The number of rotatable bonds is 6. The van der Waals surface area contributed by atoms with Crippen LogP contribution in [-0.2, 0) is 20.9 Å². The SMILES string of the molecule is Cc1noc(C)c1COC(=O)c1ccc(NC(=O)C[C@H]2SC(N3CCCC3)=NC2=O)cc1. The van der Waals surface area contributed by atoms with Gasteiger partial charge in [0.25, 0.3) is 5.91 Å². The van der Waals surface area contributed by atoms with Gasteiger partial charge in [0.05, 0.1) is 16.8 Å². The van der Waals surface area contributed by atoms with Crippen LogP contribution in [0, 0.1) is 13.8 Å². The summed E-state index contributed by atoms with van der Waals surface area (Å²) in [7, 11) is 0. The number of thioether (sulfide) groups is 1. The van der Waals surface area contributed by atoms with Crippen LogP contribution in [0.5, 0.6) is 0 Å². The number of hydrogen-bond donors (Lipinski definition) is 1. The average Bonchev–Trinajstić information content (AvgIpc) is 3.49. The standard InChI is InChI=1S/C22H24N4O5S/c1-13-17(14(2)31-25-13)12-30-21(29)15-5-7-16(8-6-15)23-19(27)11-18-20(28)24-22(32-18)26-9-3-4-10-26/h5-8,18H,3-4,9-12H2,1-2H3,(H,23,27)/t18-/m1/s1. The van der Waals surface area contributed by atoms with Gasteiger partial charge in [-0.3, -0.25) is 9.59 Å². The van der Waals surface area contributed by atoms with Crippen LogP contribution in [0.25, 0.3) is 0 Å². The van der Waals surface area contributed by atoms with Crippen LogP contribution < -0.4 is 5.32 Å². The van der Waals surface area contributed by atoms with Crippen molar-refractivity contribution in [3.05, 3.63) is 46.8 Å². The molecule has 2 aliphatic rings. The summed E-state index contributed by atoms with van der Waals surface area (Å²) < 4.78 is 10.4. The fourth-order valence-electron chi connectivity index (χ4n) is 3.55. The fraction of sp³-hybridized carbons (Fsp3) is 0.409. The molecule has 4 rings (SSSR count). The van der Waals surface area contributed by atoms with Crippen LogP contribution in [0.4, 0.5) is 5.69 Å². The van der Waals surface area contributed by atoms with Gasteiger partial charge in [-0.05, 0) is 51.0 Å². The molecule has 32 heavy (non-hydrogen) atoms. The number of aliphatic imine (C=N–C) groups is 1. The number of anilines is 1. The second-order valence-corrected chi connectivity index (χ2v) is 8.91. The second kappa shape index (κ2) is 9.56. The molecule has 168 valence electrons. The van der Waals surface area contributed by atoms with E-state index in [2.05, 4.69) is 20.4 Å². The molecule has 0 unspecified atom stereocenters. The number of benzene rings is 1. The summed E-state index contributed by atoms with van der Waals surface area (Å²) in [6.45, 7) is 5.44. The first-order valence-electron chi connectivity index (χ1n) is 10.4. The first-order valence-corrected chi connectivity index (χ1v) is 11.3. The number of amides is 2. The van der Waals surface area contributed by atoms with E-state index in [1.54, 1.807) is 38.1 Å².